The highest BCUT2D eigenvalue weighted by Gasteiger charge is 2.26. The van der Waals surface area contributed by atoms with Gasteiger partial charge in [-0.05, 0) is 27.2 Å². The Hall–Kier alpha value is -1.06. The van der Waals surface area contributed by atoms with Gasteiger partial charge in [-0.3, -0.25) is 9.59 Å². The molecule has 0 aliphatic carbocycles. The Labute approximate surface area is 129 Å². The number of esters is 1. The summed E-state index contributed by atoms with van der Waals surface area (Å²) in [6, 6.07) is 0. The summed E-state index contributed by atoms with van der Waals surface area (Å²) in [4.78, 5) is 22.9. The summed E-state index contributed by atoms with van der Waals surface area (Å²) >= 11 is 0. The van der Waals surface area contributed by atoms with Gasteiger partial charge in [0.15, 0.2) is 0 Å². The maximum Gasteiger partial charge on any atom is 0.310 e. The van der Waals surface area contributed by atoms with E-state index in [0.717, 1.165) is 19.3 Å². The number of rotatable bonds is 11. The van der Waals surface area contributed by atoms with E-state index in [-0.39, 0.29) is 12.4 Å². The summed E-state index contributed by atoms with van der Waals surface area (Å²) in [6.45, 7) is 7.60. The van der Waals surface area contributed by atoms with E-state index in [1.54, 1.807) is 20.8 Å². The van der Waals surface area contributed by atoms with Gasteiger partial charge in [0.25, 0.3) is 0 Å². The molecular formula is C17H32O4. The van der Waals surface area contributed by atoms with E-state index in [2.05, 4.69) is 6.92 Å². The van der Waals surface area contributed by atoms with E-state index in [1.807, 2.05) is 0 Å². The zero-order valence-electron chi connectivity index (χ0n) is 14.1. The minimum atomic E-state index is -0.936. The van der Waals surface area contributed by atoms with Gasteiger partial charge in [-0.15, -0.1) is 0 Å². The van der Waals surface area contributed by atoms with E-state index in [0.29, 0.717) is 6.42 Å². The van der Waals surface area contributed by atoms with Gasteiger partial charge < -0.3 is 9.84 Å². The average Bonchev–Trinajstić information content (AvgIpc) is 2.33. The third kappa shape index (κ3) is 12.4. The number of carboxylic acid groups (broad SMARTS) is 1. The first-order valence-corrected chi connectivity index (χ1v) is 8.21. The SMILES string of the molecule is CCCCCCCCC[C@H](CC(=O)O)C(=O)OC(C)(C)C. The fourth-order valence-corrected chi connectivity index (χ4v) is 2.25. The highest BCUT2D eigenvalue weighted by molar-refractivity contribution is 5.79. The molecule has 0 rings (SSSR count). The number of carboxylic acids is 1. The number of aliphatic carboxylic acids is 1. The smallest absolute Gasteiger partial charge is 0.310 e. The predicted octanol–water partition coefficient (Wildman–Crippen LogP) is 4.56. The second-order valence-corrected chi connectivity index (χ2v) is 6.74. The summed E-state index contributed by atoms with van der Waals surface area (Å²) in [5, 5.41) is 8.92. The molecule has 0 radical (unpaired) electrons. The van der Waals surface area contributed by atoms with Crippen molar-refractivity contribution in [1.82, 2.24) is 0 Å². The van der Waals surface area contributed by atoms with Crippen molar-refractivity contribution >= 4 is 11.9 Å². The van der Waals surface area contributed by atoms with Gasteiger partial charge in [-0.2, -0.15) is 0 Å². The molecule has 124 valence electrons. The number of carbonyl (C=O) groups excluding carboxylic acids is 1. The minimum absolute atomic E-state index is 0.134. The number of carbonyl (C=O) groups is 2. The lowest BCUT2D eigenvalue weighted by molar-refractivity contribution is -0.163. The molecule has 0 saturated heterocycles. The van der Waals surface area contributed by atoms with Crippen molar-refractivity contribution < 1.29 is 19.4 Å². The molecule has 0 amide bonds. The third-order valence-corrected chi connectivity index (χ3v) is 3.32. The molecule has 21 heavy (non-hydrogen) atoms. The Kier molecular flexibility index (Phi) is 10.1. The molecule has 0 heterocycles. The van der Waals surface area contributed by atoms with E-state index in [9.17, 15) is 9.59 Å². The second-order valence-electron chi connectivity index (χ2n) is 6.74. The molecule has 0 aromatic heterocycles. The number of ether oxygens (including phenoxy) is 1. The summed E-state index contributed by atoms with van der Waals surface area (Å²) in [6.07, 6.45) is 8.59. The molecule has 4 heteroatoms. The monoisotopic (exact) mass is 300 g/mol. The van der Waals surface area contributed by atoms with Crippen molar-refractivity contribution in [2.75, 3.05) is 0 Å². The van der Waals surface area contributed by atoms with Crippen LogP contribution in [0.25, 0.3) is 0 Å². The normalized spacial score (nSPS) is 13.0. The van der Waals surface area contributed by atoms with Crippen molar-refractivity contribution in [1.29, 1.82) is 0 Å². The van der Waals surface area contributed by atoms with Crippen LogP contribution in [0.1, 0.15) is 85.5 Å². The van der Waals surface area contributed by atoms with Crippen LogP contribution in [-0.4, -0.2) is 22.6 Å². The molecule has 1 N–H and O–H groups in total. The Morgan fingerprint density at radius 3 is 2.00 bits per heavy atom. The molecule has 1 atom stereocenters. The highest BCUT2D eigenvalue weighted by atomic mass is 16.6. The fourth-order valence-electron chi connectivity index (χ4n) is 2.25. The Morgan fingerprint density at radius 1 is 1.00 bits per heavy atom. The topological polar surface area (TPSA) is 63.6 Å². The summed E-state index contributed by atoms with van der Waals surface area (Å²) in [5.74, 6) is -1.83. The predicted molar refractivity (Wildman–Crippen MR) is 84.2 cm³/mol. The Bertz CT molecular complexity index is 304. The van der Waals surface area contributed by atoms with Gasteiger partial charge in [0.2, 0.25) is 0 Å². The molecule has 0 unspecified atom stereocenters. The zero-order chi connectivity index (χ0) is 16.3. The first-order valence-electron chi connectivity index (χ1n) is 8.21. The van der Waals surface area contributed by atoms with Gasteiger partial charge in [-0.1, -0.05) is 51.9 Å². The highest BCUT2D eigenvalue weighted by Crippen LogP contribution is 2.20. The van der Waals surface area contributed by atoms with Gasteiger partial charge in [0.05, 0.1) is 12.3 Å². The Morgan fingerprint density at radius 2 is 1.52 bits per heavy atom. The maximum atomic E-state index is 12.0. The molecule has 0 aliphatic rings. The van der Waals surface area contributed by atoms with E-state index in [4.69, 9.17) is 9.84 Å². The van der Waals surface area contributed by atoms with Crippen LogP contribution in [0.2, 0.25) is 0 Å². The van der Waals surface area contributed by atoms with Crippen molar-refractivity contribution in [3.63, 3.8) is 0 Å². The van der Waals surface area contributed by atoms with Crippen molar-refractivity contribution in [3.05, 3.63) is 0 Å². The van der Waals surface area contributed by atoms with Crippen LogP contribution >= 0.6 is 0 Å². The number of hydrogen-bond acceptors (Lipinski definition) is 3. The van der Waals surface area contributed by atoms with Crippen molar-refractivity contribution in [2.24, 2.45) is 5.92 Å². The van der Waals surface area contributed by atoms with Gasteiger partial charge in [0.1, 0.15) is 5.60 Å². The molecule has 0 spiro atoms. The molecule has 0 aliphatic heterocycles. The van der Waals surface area contributed by atoms with Crippen LogP contribution in [0.15, 0.2) is 0 Å². The fraction of sp³-hybridized carbons (Fsp3) is 0.882. The summed E-state index contributed by atoms with van der Waals surface area (Å²) in [5.41, 5.74) is -0.562. The first-order chi connectivity index (χ1) is 9.76. The van der Waals surface area contributed by atoms with Crippen LogP contribution in [0.3, 0.4) is 0 Å². The van der Waals surface area contributed by atoms with Gasteiger partial charge >= 0.3 is 11.9 Å². The quantitative estimate of drug-likeness (QED) is 0.449. The number of hydrogen-bond donors (Lipinski definition) is 1. The van der Waals surface area contributed by atoms with Gasteiger partial charge in [-0.25, -0.2) is 0 Å². The molecule has 0 saturated carbocycles. The summed E-state index contributed by atoms with van der Waals surface area (Å²) < 4.78 is 5.31. The number of unbranched alkanes of at least 4 members (excludes halogenated alkanes) is 6. The molecule has 0 fully saturated rings. The second kappa shape index (κ2) is 10.6. The lowest BCUT2D eigenvalue weighted by atomic mass is 9.96. The maximum absolute atomic E-state index is 12.0. The first kappa shape index (κ1) is 19.9. The van der Waals surface area contributed by atoms with Crippen LogP contribution in [0, 0.1) is 5.92 Å². The van der Waals surface area contributed by atoms with Crippen molar-refractivity contribution in [2.45, 2.75) is 91.1 Å². The minimum Gasteiger partial charge on any atom is -0.481 e. The van der Waals surface area contributed by atoms with Crippen LogP contribution in [0.4, 0.5) is 0 Å². The Balaban J connectivity index is 4.07. The molecule has 0 aromatic carbocycles. The standard InChI is InChI=1S/C17H32O4/c1-5-6-7-8-9-10-11-12-14(13-15(18)19)16(20)21-17(2,3)4/h14H,5-13H2,1-4H3,(H,18,19)/t14-/m1/s1. The lowest BCUT2D eigenvalue weighted by Crippen LogP contribution is -2.30. The zero-order valence-corrected chi connectivity index (χ0v) is 14.1. The molecular weight excluding hydrogens is 268 g/mol. The van der Waals surface area contributed by atoms with Crippen LogP contribution in [0.5, 0.6) is 0 Å². The average molecular weight is 300 g/mol. The molecule has 0 aromatic rings. The van der Waals surface area contributed by atoms with Gasteiger partial charge in [0, 0.05) is 0 Å². The molecule has 0 bridgehead atoms. The summed E-state index contributed by atoms with van der Waals surface area (Å²) in [7, 11) is 0. The lowest BCUT2D eigenvalue weighted by Gasteiger charge is -2.23. The van der Waals surface area contributed by atoms with Crippen LogP contribution < -0.4 is 0 Å². The van der Waals surface area contributed by atoms with E-state index >= 15 is 0 Å². The van der Waals surface area contributed by atoms with E-state index < -0.39 is 17.5 Å². The van der Waals surface area contributed by atoms with Crippen molar-refractivity contribution in [3.8, 4) is 0 Å². The largest absolute Gasteiger partial charge is 0.481 e. The third-order valence-electron chi connectivity index (χ3n) is 3.32. The molecule has 4 nitrogen and oxygen atoms in total. The van der Waals surface area contributed by atoms with Crippen LogP contribution in [-0.2, 0) is 14.3 Å². The van der Waals surface area contributed by atoms with E-state index in [1.165, 1.54) is 25.7 Å².